The molecule has 0 radical (unpaired) electrons. The van der Waals surface area contributed by atoms with E-state index in [1.54, 1.807) is 19.1 Å². The van der Waals surface area contributed by atoms with Crippen LogP contribution in [-0.4, -0.2) is 68.7 Å². The Morgan fingerprint density at radius 1 is 0.879 bits per heavy atom. The Kier molecular flexibility index (Phi) is 8.80. The first-order chi connectivity index (χ1) is 16.0. The number of ether oxygens (including phenoxy) is 3. The first kappa shape index (κ1) is 24.2. The van der Waals surface area contributed by atoms with Crippen molar-refractivity contribution in [2.24, 2.45) is 0 Å². The number of aryl methyl sites for hydroxylation is 1. The number of amides is 3. The maximum absolute atomic E-state index is 12.6. The first-order valence-corrected chi connectivity index (χ1v) is 11.3. The van der Waals surface area contributed by atoms with Crippen molar-refractivity contribution >= 4 is 11.9 Å². The van der Waals surface area contributed by atoms with Gasteiger partial charge in [0.25, 0.3) is 0 Å². The third-order valence-corrected chi connectivity index (χ3v) is 5.68. The molecule has 0 bridgehead atoms. The molecule has 0 aromatic heterocycles. The number of nitrogens with one attached hydrogen (secondary N) is 1. The second kappa shape index (κ2) is 12.0. The molecule has 1 aliphatic heterocycles. The minimum absolute atomic E-state index is 0.118. The highest BCUT2D eigenvalue weighted by atomic mass is 16.5. The SMILES string of the molecule is CCOc1ccc(CNC(=O)N2CCN(C(=O)CCc3ccc(OC)cc3)CC2)cc1OC. The summed E-state index contributed by atoms with van der Waals surface area (Å²) >= 11 is 0. The zero-order valence-corrected chi connectivity index (χ0v) is 19.6. The Labute approximate surface area is 195 Å². The summed E-state index contributed by atoms with van der Waals surface area (Å²) in [4.78, 5) is 28.7. The molecule has 1 N–H and O–H groups in total. The number of urea groups is 1. The van der Waals surface area contributed by atoms with Crippen molar-refractivity contribution in [1.82, 2.24) is 15.1 Å². The lowest BCUT2D eigenvalue weighted by molar-refractivity contribution is -0.132. The summed E-state index contributed by atoms with van der Waals surface area (Å²) in [5.74, 6) is 2.25. The number of piperazine rings is 1. The molecule has 0 saturated carbocycles. The van der Waals surface area contributed by atoms with Crippen LogP contribution in [0, 0.1) is 0 Å². The van der Waals surface area contributed by atoms with Gasteiger partial charge in [0.05, 0.1) is 20.8 Å². The molecule has 3 amide bonds. The number of methoxy groups -OCH3 is 2. The Morgan fingerprint density at radius 3 is 2.18 bits per heavy atom. The molecule has 8 heteroatoms. The quantitative estimate of drug-likeness (QED) is 0.629. The molecular weight excluding hydrogens is 422 g/mol. The van der Waals surface area contributed by atoms with Gasteiger partial charge in [-0.15, -0.1) is 0 Å². The summed E-state index contributed by atoms with van der Waals surface area (Å²) in [6.07, 6.45) is 1.15. The van der Waals surface area contributed by atoms with E-state index in [-0.39, 0.29) is 11.9 Å². The zero-order valence-electron chi connectivity index (χ0n) is 19.6. The highest BCUT2D eigenvalue weighted by Gasteiger charge is 2.23. The largest absolute Gasteiger partial charge is 0.497 e. The van der Waals surface area contributed by atoms with Gasteiger partial charge in [0.15, 0.2) is 11.5 Å². The fraction of sp³-hybridized carbons (Fsp3) is 0.440. The Hall–Kier alpha value is -3.42. The van der Waals surface area contributed by atoms with Crippen LogP contribution in [0.2, 0.25) is 0 Å². The normalized spacial score (nSPS) is 13.4. The highest BCUT2D eigenvalue weighted by molar-refractivity contribution is 5.78. The Morgan fingerprint density at radius 2 is 1.55 bits per heavy atom. The molecule has 0 atom stereocenters. The summed E-state index contributed by atoms with van der Waals surface area (Å²) in [6.45, 7) is 5.00. The summed E-state index contributed by atoms with van der Waals surface area (Å²) in [5, 5.41) is 2.95. The minimum atomic E-state index is -0.131. The van der Waals surface area contributed by atoms with Gasteiger partial charge in [0.2, 0.25) is 5.91 Å². The molecule has 1 fully saturated rings. The van der Waals surface area contributed by atoms with E-state index >= 15 is 0 Å². The third kappa shape index (κ3) is 6.78. The van der Waals surface area contributed by atoms with Gasteiger partial charge in [-0.25, -0.2) is 4.79 Å². The van der Waals surface area contributed by atoms with Crippen LogP contribution in [0.1, 0.15) is 24.5 Å². The molecular formula is C25H33N3O5. The number of carbonyl (C=O) groups excluding carboxylic acids is 2. The number of rotatable bonds is 9. The summed E-state index contributed by atoms with van der Waals surface area (Å²) in [5.41, 5.74) is 2.03. The topological polar surface area (TPSA) is 80.3 Å². The maximum Gasteiger partial charge on any atom is 0.317 e. The average molecular weight is 456 g/mol. The number of benzene rings is 2. The van der Waals surface area contributed by atoms with Crippen molar-refractivity contribution in [3.63, 3.8) is 0 Å². The molecule has 2 aromatic rings. The van der Waals surface area contributed by atoms with Gasteiger partial charge in [0.1, 0.15) is 5.75 Å². The molecule has 0 spiro atoms. The van der Waals surface area contributed by atoms with Crippen LogP contribution in [0.5, 0.6) is 17.2 Å². The van der Waals surface area contributed by atoms with Gasteiger partial charge in [-0.3, -0.25) is 4.79 Å². The Balaban J connectivity index is 1.41. The van der Waals surface area contributed by atoms with E-state index in [0.29, 0.717) is 63.7 Å². The van der Waals surface area contributed by atoms with E-state index in [4.69, 9.17) is 14.2 Å². The second-order valence-corrected chi connectivity index (χ2v) is 7.79. The summed E-state index contributed by atoms with van der Waals surface area (Å²) < 4.78 is 16.1. The van der Waals surface area contributed by atoms with Crippen LogP contribution in [0.25, 0.3) is 0 Å². The van der Waals surface area contributed by atoms with Crippen LogP contribution in [0.15, 0.2) is 42.5 Å². The van der Waals surface area contributed by atoms with E-state index in [0.717, 1.165) is 16.9 Å². The van der Waals surface area contributed by atoms with Gasteiger partial charge in [-0.05, 0) is 48.7 Å². The molecule has 8 nitrogen and oxygen atoms in total. The minimum Gasteiger partial charge on any atom is -0.497 e. The van der Waals surface area contributed by atoms with Crippen LogP contribution < -0.4 is 19.5 Å². The van der Waals surface area contributed by atoms with Gasteiger partial charge in [0, 0.05) is 39.1 Å². The van der Waals surface area contributed by atoms with Gasteiger partial charge < -0.3 is 29.3 Å². The lowest BCUT2D eigenvalue weighted by atomic mass is 10.1. The van der Waals surface area contributed by atoms with Crippen molar-refractivity contribution in [3.05, 3.63) is 53.6 Å². The fourth-order valence-electron chi connectivity index (χ4n) is 3.75. The van der Waals surface area contributed by atoms with Crippen LogP contribution in [-0.2, 0) is 17.8 Å². The molecule has 2 aromatic carbocycles. The number of carbonyl (C=O) groups is 2. The standard InChI is InChI=1S/C25H33N3O5/c1-4-33-22-11-7-20(17-23(22)32-3)18-26-25(30)28-15-13-27(14-16-28)24(29)12-8-19-5-9-21(31-2)10-6-19/h5-7,9-11,17H,4,8,12-16,18H2,1-3H3,(H,26,30). The van der Waals surface area contributed by atoms with Crippen molar-refractivity contribution in [2.75, 3.05) is 47.0 Å². The molecule has 1 saturated heterocycles. The van der Waals surface area contributed by atoms with Gasteiger partial charge >= 0.3 is 6.03 Å². The van der Waals surface area contributed by atoms with E-state index in [9.17, 15) is 9.59 Å². The average Bonchev–Trinajstić information content (AvgIpc) is 2.87. The number of nitrogens with zero attached hydrogens (tertiary/aromatic N) is 2. The highest BCUT2D eigenvalue weighted by Crippen LogP contribution is 2.28. The molecule has 0 aliphatic carbocycles. The van der Waals surface area contributed by atoms with Crippen LogP contribution in [0.3, 0.4) is 0 Å². The van der Waals surface area contributed by atoms with Crippen LogP contribution >= 0.6 is 0 Å². The predicted molar refractivity (Wildman–Crippen MR) is 126 cm³/mol. The van der Waals surface area contributed by atoms with Crippen molar-refractivity contribution in [3.8, 4) is 17.2 Å². The monoisotopic (exact) mass is 455 g/mol. The van der Waals surface area contributed by atoms with Gasteiger partial charge in [-0.1, -0.05) is 18.2 Å². The lowest BCUT2D eigenvalue weighted by Gasteiger charge is -2.34. The molecule has 1 heterocycles. The molecule has 33 heavy (non-hydrogen) atoms. The van der Waals surface area contributed by atoms with Gasteiger partial charge in [-0.2, -0.15) is 0 Å². The summed E-state index contributed by atoms with van der Waals surface area (Å²) in [6, 6.07) is 13.3. The third-order valence-electron chi connectivity index (χ3n) is 5.68. The number of hydrogen-bond acceptors (Lipinski definition) is 5. The maximum atomic E-state index is 12.6. The van der Waals surface area contributed by atoms with E-state index in [2.05, 4.69) is 5.32 Å². The van der Waals surface area contributed by atoms with E-state index < -0.39 is 0 Å². The second-order valence-electron chi connectivity index (χ2n) is 7.79. The van der Waals surface area contributed by atoms with Crippen molar-refractivity contribution in [2.45, 2.75) is 26.3 Å². The first-order valence-electron chi connectivity index (χ1n) is 11.3. The zero-order chi connectivity index (χ0) is 23.6. The molecule has 178 valence electrons. The lowest BCUT2D eigenvalue weighted by Crippen LogP contribution is -2.53. The predicted octanol–water partition coefficient (Wildman–Crippen LogP) is 3.09. The van der Waals surface area contributed by atoms with E-state index in [1.165, 1.54) is 0 Å². The fourth-order valence-corrected chi connectivity index (χ4v) is 3.75. The van der Waals surface area contributed by atoms with Crippen LogP contribution in [0.4, 0.5) is 4.79 Å². The number of hydrogen-bond donors (Lipinski definition) is 1. The smallest absolute Gasteiger partial charge is 0.317 e. The van der Waals surface area contributed by atoms with Crippen molar-refractivity contribution in [1.29, 1.82) is 0 Å². The van der Waals surface area contributed by atoms with E-state index in [1.807, 2.05) is 54.3 Å². The Bertz CT molecular complexity index is 924. The molecule has 1 aliphatic rings. The molecule has 0 unspecified atom stereocenters. The van der Waals surface area contributed by atoms with Crippen molar-refractivity contribution < 1.29 is 23.8 Å². The molecule has 3 rings (SSSR count). The summed E-state index contributed by atoms with van der Waals surface area (Å²) in [7, 11) is 3.23.